The van der Waals surface area contributed by atoms with Crippen LogP contribution in [-0.4, -0.2) is 37.3 Å². The van der Waals surface area contributed by atoms with Crippen molar-refractivity contribution in [2.45, 2.75) is 32.6 Å². The van der Waals surface area contributed by atoms with Gasteiger partial charge in [-0.3, -0.25) is 9.48 Å². The molecule has 0 fully saturated rings. The molecule has 0 unspecified atom stereocenters. The van der Waals surface area contributed by atoms with E-state index in [0.29, 0.717) is 21.7 Å². The number of benzene rings is 1. The SMILES string of the molecule is Cc1cnc(-c2cc(C(=O)N[C@H](C)c3cnc(C(F)(F)F)nc3)cc3c2cnn3CCF)s1. The minimum absolute atomic E-state index is 0.0319. The topological polar surface area (TPSA) is 85.6 Å². The van der Waals surface area contributed by atoms with E-state index in [9.17, 15) is 22.4 Å². The fourth-order valence-electron chi connectivity index (χ4n) is 3.29. The number of thiazole rings is 1. The van der Waals surface area contributed by atoms with Gasteiger partial charge in [0, 0.05) is 45.5 Å². The van der Waals surface area contributed by atoms with Gasteiger partial charge in [-0.25, -0.2) is 19.3 Å². The molecule has 0 aliphatic rings. The maximum Gasteiger partial charge on any atom is 0.451 e. The predicted octanol–water partition coefficient (Wildman–Crippen LogP) is 4.74. The molecule has 0 aliphatic carbocycles. The molecule has 33 heavy (non-hydrogen) atoms. The Morgan fingerprint density at radius 1 is 1.15 bits per heavy atom. The van der Waals surface area contributed by atoms with Crippen molar-refractivity contribution in [1.82, 2.24) is 30.0 Å². The fraction of sp³-hybridized carbons (Fsp3) is 0.286. The predicted molar refractivity (Wildman–Crippen MR) is 114 cm³/mol. The molecule has 0 aliphatic heterocycles. The van der Waals surface area contributed by atoms with Crippen LogP contribution in [0.1, 0.15) is 39.6 Å². The first-order valence-electron chi connectivity index (χ1n) is 9.85. The average Bonchev–Trinajstić information content (AvgIpc) is 3.39. The molecule has 1 N–H and O–H groups in total. The van der Waals surface area contributed by atoms with Gasteiger partial charge in [0.1, 0.15) is 11.7 Å². The molecule has 4 rings (SSSR count). The third kappa shape index (κ3) is 4.70. The molecule has 4 aromatic rings. The van der Waals surface area contributed by atoms with Gasteiger partial charge in [0.05, 0.1) is 24.3 Å². The highest BCUT2D eigenvalue weighted by Crippen LogP contribution is 2.33. The lowest BCUT2D eigenvalue weighted by atomic mass is 10.0. The number of nitrogens with zero attached hydrogens (tertiary/aromatic N) is 5. The first kappa shape index (κ1) is 22.8. The van der Waals surface area contributed by atoms with Gasteiger partial charge in [-0.15, -0.1) is 11.3 Å². The van der Waals surface area contributed by atoms with Gasteiger partial charge >= 0.3 is 6.18 Å². The average molecular weight is 478 g/mol. The van der Waals surface area contributed by atoms with Crippen molar-refractivity contribution >= 4 is 28.1 Å². The van der Waals surface area contributed by atoms with E-state index in [1.807, 2.05) is 6.92 Å². The summed E-state index contributed by atoms with van der Waals surface area (Å²) < 4.78 is 52.5. The number of carbonyl (C=O) groups excluding carboxylic acids is 1. The van der Waals surface area contributed by atoms with Crippen LogP contribution in [0, 0.1) is 6.92 Å². The van der Waals surface area contributed by atoms with Crippen molar-refractivity contribution in [3.63, 3.8) is 0 Å². The van der Waals surface area contributed by atoms with Crippen LogP contribution in [0.25, 0.3) is 21.5 Å². The van der Waals surface area contributed by atoms with Gasteiger partial charge in [-0.05, 0) is 26.0 Å². The van der Waals surface area contributed by atoms with Crippen molar-refractivity contribution in [1.29, 1.82) is 0 Å². The first-order valence-corrected chi connectivity index (χ1v) is 10.7. The molecule has 172 valence electrons. The zero-order valence-corrected chi connectivity index (χ0v) is 18.3. The van der Waals surface area contributed by atoms with Gasteiger partial charge in [-0.1, -0.05) is 0 Å². The van der Waals surface area contributed by atoms with Gasteiger partial charge in [0.15, 0.2) is 0 Å². The maximum atomic E-state index is 13.0. The molecule has 0 saturated carbocycles. The minimum atomic E-state index is -4.65. The Labute approximate surface area is 189 Å². The third-order valence-corrected chi connectivity index (χ3v) is 5.89. The van der Waals surface area contributed by atoms with Crippen LogP contribution in [-0.2, 0) is 12.7 Å². The highest BCUT2D eigenvalue weighted by Gasteiger charge is 2.34. The second kappa shape index (κ2) is 8.85. The molecule has 1 aromatic carbocycles. The van der Waals surface area contributed by atoms with Gasteiger partial charge < -0.3 is 5.32 Å². The molecular weight excluding hydrogens is 460 g/mol. The molecule has 0 radical (unpaired) electrons. The summed E-state index contributed by atoms with van der Waals surface area (Å²) >= 11 is 1.45. The van der Waals surface area contributed by atoms with Crippen LogP contribution in [0.4, 0.5) is 17.6 Å². The van der Waals surface area contributed by atoms with Crippen molar-refractivity contribution in [3.8, 4) is 10.6 Å². The Morgan fingerprint density at radius 2 is 1.88 bits per heavy atom. The van der Waals surface area contributed by atoms with Gasteiger partial charge in [0.25, 0.3) is 5.91 Å². The van der Waals surface area contributed by atoms with E-state index in [1.165, 1.54) is 16.0 Å². The molecule has 0 bridgehead atoms. The molecule has 0 spiro atoms. The quantitative estimate of drug-likeness (QED) is 0.405. The number of hydrogen-bond donors (Lipinski definition) is 1. The Bertz CT molecular complexity index is 1300. The Morgan fingerprint density at radius 3 is 2.48 bits per heavy atom. The molecule has 0 saturated heterocycles. The normalized spacial score (nSPS) is 12.8. The fourth-order valence-corrected chi connectivity index (χ4v) is 4.09. The molecule has 7 nitrogen and oxygen atoms in total. The standard InChI is InChI=1S/C21H18F4N6OS/c1-11-7-26-19(33-11)15-5-13(6-17-16(15)10-29-31(17)4-3-22)18(32)30-12(2)14-8-27-20(28-9-14)21(23,24)25/h5-10,12H,3-4H2,1-2H3,(H,30,32)/t12-/m1/s1. The summed E-state index contributed by atoms with van der Waals surface area (Å²) in [6.45, 7) is 2.93. The summed E-state index contributed by atoms with van der Waals surface area (Å²) in [7, 11) is 0. The number of carbonyl (C=O) groups is 1. The Kier molecular flexibility index (Phi) is 6.11. The lowest BCUT2D eigenvalue weighted by Gasteiger charge is -2.15. The van der Waals surface area contributed by atoms with Crippen LogP contribution in [0.2, 0.25) is 0 Å². The number of amides is 1. The number of aromatic nitrogens is 5. The molecular formula is C21H18F4N6OS. The van der Waals surface area contributed by atoms with E-state index >= 15 is 0 Å². The number of halogens is 4. The second-order valence-electron chi connectivity index (χ2n) is 7.32. The summed E-state index contributed by atoms with van der Waals surface area (Å²) in [6.07, 6.45) is 0.750. The van der Waals surface area contributed by atoms with E-state index in [-0.39, 0.29) is 12.1 Å². The monoisotopic (exact) mass is 478 g/mol. The number of rotatable bonds is 6. The van der Waals surface area contributed by atoms with E-state index in [1.54, 1.807) is 31.5 Å². The minimum Gasteiger partial charge on any atom is -0.345 e. The largest absolute Gasteiger partial charge is 0.451 e. The van der Waals surface area contributed by atoms with E-state index in [2.05, 4.69) is 25.4 Å². The van der Waals surface area contributed by atoms with E-state index in [0.717, 1.165) is 22.7 Å². The highest BCUT2D eigenvalue weighted by molar-refractivity contribution is 7.15. The third-order valence-electron chi connectivity index (χ3n) is 4.95. The van der Waals surface area contributed by atoms with Crippen LogP contribution in [0.5, 0.6) is 0 Å². The lowest BCUT2D eigenvalue weighted by Crippen LogP contribution is -2.27. The highest BCUT2D eigenvalue weighted by atomic mass is 32.1. The molecule has 1 atom stereocenters. The summed E-state index contributed by atoms with van der Waals surface area (Å²) in [4.78, 5) is 25.1. The molecule has 12 heteroatoms. The van der Waals surface area contributed by atoms with Crippen LogP contribution < -0.4 is 5.32 Å². The smallest absolute Gasteiger partial charge is 0.345 e. The molecule has 3 heterocycles. The summed E-state index contributed by atoms with van der Waals surface area (Å²) in [5.41, 5.74) is 1.86. The summed E-state index contributed by atoms with van der Waals surface area (Å²) in [6, 6.07) is 2.62. The van der Waals surface area contributed by atoms with Crippen LogP contribution >= 0.6 is 11.3 Å². The second-order valence-corrected chi connectivity index (χ2v) is 8.56. The van der Waals surface area contributed by atoms with Crippen molar-refractivity contribution < 1.29 is 22.4 Å². The van der Waals surface area contributed by atoms with Crippen LogP contribution in [0.15, 0.2) is 36.9 Å². The number of hydrogen-bond acceptors (Lipinski definition) is 6. The zero-order valence-electron chi connectivity index (χ0n) is 17.5. The number of aryl methyl sites for hydroxylation is 2. The maximum absolute atomic E-state index is 13.0. The molecule has 1 amide bonds. The van der Waals surface area contributed by atoms with Crippen molar-refractivity contribution in [2.75, 3.05) is 6.67 Å². The number of alkyl halides is 4. The van der Waals surface area contributed by atoms with E-state index in [4.69, 9.17) is 0 Å². The van der Waals surface area contributed by atoms with E-state index < -0.39 is 30.6 Å². The van der Waals surface area contributed by atoms with Crippen molar-refractivity contribution in [3.05, 3.63) is 58.7 Å². The van der Waals surface area contributed by atoms with Crippen LogP contribution in [0.3, 0.4) is 0 Å². The first-order chi connectivity index (χ1) is 15.7. The van der Waals surface area contributed by atoms with Gasteiger partial charge in [0.2, 0.25) is 5.82 Å². The zero-order chi connectivity index (χ0) is 23.8. The number of nitrogens with one attached hydrogen (secondary N) is 1. The summed E-state index contributed by atoms with van der Waals surface area (Å²) in [5.74, 6) is -1.72. The lowest BCUT2D eigenvalue weighted by molar-refractivity contribution is -0.145. The Hall–Kier alpha value is -3.41. The number of fused-ring (bicyclic) bond motifs is 1. The molecule has 3 aromatic heterocycles. The van der Waals surface area contributed by atoms with Gasteiger partial charge in [-0.2, -0.15) is 18.3 Å². The summed E-state index contributed by atoms with van der Waals surface area (Å²) in [5, 5.41) is 8.40. The van der Waals surface area contributed by atoms with Crippen molar-refractivity contribution in [2.24, 2.45) is 0 Å². The Balaban J connectivity index is 1.66.